The van der Waals surface area contributed by atoms with Gasteiger partial charge in [-0.25, -0.2) is 0 Å². The first kappa shape index (κ1) is 14.1. The minimum atomic E-state index is 0.438. The Kier molecular flexibility index (Phi) is 4.50. The molecule has 0 aromatic carbocycles. The van der Waals surface area contributed by atoms with Crippen LogP contribution in [0.3, 0.4) is 0 Å². The van der Waals surface area contributed by atoms with E-state index in [9.17, 15) is 0 Å². The molecule has 1 aromatic heterocycles. The average Bonchev–Trinajstić information content (AvgIpc) is 2.82. The molecule has 1 nitrogen and oxygen atoms in total. The first-order valence-corrected chi connectivity index (χ1v) is 8.16. The molecule has 0 bridgehead atoms. The first-order chi connectivity index (χ1) is 8.49. The fourth-order valence-corrected chi connectivity index (χ4v) is 4.06. The second-order valence-corrected chi connectivity index (χ2v) is 7.83. The Balaban J connectivity index is 2.04. The number of thiophene rings is 1. The topological polar surface area (TPSA) is 12.0 Å². The van der Waals surface area contributed by atoms with Gasteiger partial charge in [-0.05, 0) is 55.7 Å². The van der Waals surface area contributed by atoms with Gasteiger partial charge in [0.1, 0.15) is 0 Å². The normalized spacial score (nSPS) is 16.9. The maximum Gasteiger partial charge on any atom is 0.0415 e. The fraction of sp³-hybridized carbons (Fsp3) is 0.750. The van der Waals surface area contributed by atoms with Crippen molar-refractivity contribution in [3.63, 3.8) is 0 Å². The molecule has 1 unspecified atom stereocenters. The largest absolute Gasteiger partial charge is 0.310 e. The van der Waals surface area contributed by atoms with E-state index in [1.807, 2.05) is 0 Å². The number of fused-ring (bicyclic) bond motifs is 1. The summed E-state index contributed by atoms with van der Waals surface area (Å²) in [5, 5.41) is 3.67. The van der Waals surface area contributed by atoms with E-state index in [0.717, 1.165) is 6.54 Å². The molecule has 0 spiro atoms. The zero-order valence-corrected chi connectivity index (χ0v) is 13.1. The molecule has 0 radical (unpaired) electrons. The van der Waals surface area contributed by atoms with Crippen LogP contribution in [0, 0.1) is 5.41 Å². The van der Waals surface area contributed by atoms with E-state index >= 15 is 0 Å². The van der Waals surface area contributed by atoms with Gasteiger partial charge < -0.3 is 5.32 Å². The highest BCUT2D eigenvalue weighted by Gasteiger charge is 2.21. The van der Waals surface area contributed by atoms with E-state index in [1.165, 1.54) is 32.1 Å². The molecular formula is C16H27NS. The summed E-state index contributed by atoms with van der Waals surface area (Å²) >= 11 is 2.06. The van der Waals surface area contributed by atoms with Gasteiger partial charge >= 0.3 is 0 Å². The van der Waals surface area contributed by atoms with Crippen LogP contribution >= 0.6 is 11.3 Å². The number of hydrogen-bond donors (Lipinski definition) is 1. The highest BCUT2D eigenvalue weighted by Crippen LogP contribution is 2.36. The second-order valence-electron chi connectivity index (χ2n) is 6.66. The fourth-order valence-electron chi connectivity index (χ4n) is 2.69. The van der Waals surface area contributed by atoms with Crippen LogP contribution in [0.15, 0.2) is 6.07 Å². The van der Waals surface area contributed by atoms with Crippen LogP contribution in [0.25, 0.3) is 0 Å². The average molecular weight is 265 g/mol. The van der Waals surface area contributed by atoms with Crippen molar-refractivity contribution >= 4 is 11.3 Å². The van der Waals surface area contributed by atoms with Crippen molar-refractivity contribution in [1.82, 2.24) is 5.32 Å². The summed E-state index contributed by atoms with van der Waals surface area (Å²) in [6.07, 6.45) is 6.54. The molecule has 0 aliphatic heterocycles. The van der Waals surface area contributed by atoms with Crippen LogP contribution in [-0.4, -0.2) is 6.54 Å². The summed E-state index contributed by atoms with van der Waals surface area (Å²) in [5.74, 6) is 0. The minimum absolute atomic E-state index is 0.438. The molecular weight excluding hydrogens is 238 g/mol. The Bertz CT molecular complexity index is 365. The maximum atomic E-state index is 3.67. The number of hydrogen-bond acceptors (Lipinski definition) is 2. The molecule has 0 amide bonds. The Morgan fingerprint density at radius 2 is 2.11 bits per heavy atom. The molecule has 1 heterocycles. The summed E-state index contributed by atoms with van der Waals surface area (Å²) < 4.78 is 0. The van der Waals surface area contributed by atoms with E-state index in [0.29, 0.717) is 11.5 Å². The standard InChI is InChI=1S/C16H27NS/c1-5-17-13(9-10-16(2,3)4)15-11-12-7-6-8-14(12)18-15/h11,13,17H,5-10H2,1-4H3. The Morgan fingerprint density at radius 1 is 1.33 bits per heavy atom. The Morgan fingerprint density at radius 3 is 2.72 bits per heavy atom. The highest BCUT2D eigenvalue weighted by atomic mass is 32.1. The molecule has 1 atom stereocenters. The van der Waals surface area contributed by atoms with Crippen LogP contribution in [0.1, 0.15) is 68.3 Å². The van der Waals surface area contributed by atoms with Gasteiger partial charge in [0.2, 0.25) is 0 Å². The summed E-state index contributed by atoms with van der Waals surface area (Å²) in [6, 6.07) is 3.05. The van der Waals surface area contributed by atoms with Crippen LogP contribution in [0.2, 0.25) is 0 Å². The van der Waals surface area contributed by atoms with Crippen molar-refractivity contribution in [3.8, 4) is 0 Å². The van der Waals surface area contributed by atoms with Gasteiger partial charge in [-0.15, -0.1) is 11.3 Å². The van der Waals surface area contributed by atoms with E-state index in [2.05, 4.69) is 50.4 Å². The third-order valence-electron chi connectivity index (χ3n) is 3.74. The summed E-state index contributed by atoms with van der Waals surface area (Å²) in [7, 11) is 0. The van der Waals surface area contributed by atoms with Crippen molar-refractivity contribution in [3.05, 3.63) is 21.4 Å². The third-order valence-corrected chi connectivity index (χ3v) is 5.09. The van der Waals surface area contributed by atoms with Crippen LogP contribution < -0.4 is 5.32 Å². The molecule has 0 saturated heterocycles. The van der Waals surface area contributed by atoms with Gasteiger partial charge in [-0.1, -0.05) is 27.7 Å². The molecule has 102 valence electrons. The van der Waals surface area contributed by atoms with E-state index < -0.39 is 0 Å². The molecule has 1 aliphatic carbocycles. The molecule has 2 rings (SSSR count). The Hall–Kier alpha value is -0.340. The zero-order valence-electron chi connectivity index (χ0n) is 12.3. The van der Waals surface area contributed by atoms with Gasteiger partial charge in [0.25, 0.3) is 0 Å². The predicted octanol–water partition coefficient (Wildman–Crippen LogP) is 4.71. The first-order valence-electron chi connectivity index (χ1n) is 7.34. The number of nitrogens with one attached hydrogen (secondary N) is 1. The molecule has 0 fully saturated rings. The van der Waals surface area contributed by atoms with Crippen molar-refractivity contribution in [2.75, 3.05) is 6.54 Å². The highest BCUT2D eigenvalue weighted by molar-refractivity contribution is 7.12. The van der Waals surface area contributed by atoms with Crippen molar-refractivity contribution in [2.24, 2.45) is 5.41 Å². The van der Waals surface area contributed by atoms with Gasteiger partial charge in [0, 0.05) is 15.8 Å². The van der Waals surface area contributed by atoms with Gasteiger partial charge in [-0.2, -0.15) is 0 Å². The number of rotatable bonds is 5. The number of aryl methyl sites for hydroxylation is 2. The molecule has 1 N–H and O–H groups in total. The quantitative estimate of drug-likeness (QED) is 0.812. The SMILES string of the molecule is CCNC(CCC(C)(C)C)c1cc2c(s1)CCC2. The van der Waals surface area contributed by atoms with E-state index in [4.69, 9.17) is 0 Å². The van der Waals surface area contributed by atoms with Crippen molar-refractivity contribution in [2.45, 2.75) is 65.8 Å². The monoisotopic (exact) mass is 265 g/mol. The zero-order chi connectivity index (χ0) is 13.2. The van der Waals surface area contributed by atoms with Crippen LogP contribution in [0.4, 0.5) is 0 Å². The van der Waals surface area contributed by atoms with Gasteiger partial charge in [0.15, 0.2) is 0 Å². The smallest absolute Gasteiger partial charge is 0.0415 e. The molecule has 0 saturated carbocycles. The van der Waals surface area contributed by atoms with Gasteiger partial charge in [0.05, 0.1) is 0 Å². The summed E-state index contributed by atoms with van der Waals surface area (Å²) in [6.45, 7) is 10.3. The van der Waals surface area contributed by atoms with Gasteiger partial charge in [-0.3, -0.25) is 0 Å². The predicted molar refractivity (Wildman–Crippen MR) is 81.5 cm³/mol. The van der Waals surface area contributed by atoms with Crippen LogP contribution in [0.5, 0.6) is 0 Å². The Labute approximate surface area is 116 Å². The van der Waals surface area contributed by atoms with Crippen molar-refractivity contribution < 1.29 is 0 Å². The van der Waals surface area contributed by atoms with E-state index in [-0.39, 0.29) is 0 Å². The lowest BCUT2D eigenvalue weighted by molar-refractivity contribution is 0.335. The summed E-state index contributed by atoms with van der Waals surface area (Å²) in [5.41, 5.74) is 2.07. The third kappa shape index (κ3) is 3.58. The molecule has 18 heavy (non-hydrogen) atoms. The molecule has 1 aliphatic rings. The lowest BCUT2D eigenvalue weighted by Gasteiger charge is -2.23. The minimum Gasteiger partial charge on any atom is -0.310 e. The van der Waals surface area contributed by atoms with E-state index in [1.54, 1.807) is 15.3 Å². The maximum absolute atomic E-state index is 3.67. The lowest BCUT2D eigenvalue weighted by Crippen LogP contribution is -2.21. The lowest BCUT2D eigenvalue weighted by atomic mass is 9.88. The second kappa shape index (κ2) is 5.75. The van der Waals surface area contributed by atoms with Crippen molar-refractivity contribution in [1.29, 1.82) is 0 Å². The summed E-state index contributed by atoms with van der Waals surface area (Å²) in [4.78, 5) is 3.23. The molecule has 2 heteroatoms. The molecule has 1 aromatic rings. The van der Waals surface area contributed by atoms with Crippen LogP contribution in [-0.2, 0) is 12.8 Å².